The van der Waals surface area contributed by atoms with Crippen molar-refractivity contribution in [2.45, 2.75) is 0 Å². The topological polar surface area (TPSA) is 71.2 Å². The minimum absolute atomic E-state index is 0.0930. The molecule has 0 aromatic carbocycles. The molecule has 0 radical (unpaired) electrons. The predicted octanol–water partition coefficient (Wildman–Crippen LogP) is 0.832. The van der Waals surface area contributed by atoms with Gasteiger partial charge in [-0.3, -0.25) is 4.79 Å². The van der Waals surface area contributed by atoms with E-state index in [4.69, 9.17) is 5.84 Å². The Morgan fingerprint density at radius 2 is 2.21 bits per heavy atom. The lowest BCUT2D eigenvalue weighted by Crippen LogP contribution is -2.22. The largest absolute Gasteiger partial charge is 0.345 e. The van der Waals surface area contributed by atoms with Crippen LogP contribution in [0.5, 0.6) is 0 Å². The van der Waals surface area contributed by atoms with Crippen molar-refractivity contribution < 1.29 is 4.79 Å². The molecule has 0 aliphatic rings. The molecule has 6 heteroatoms. The van der Waals surface area contributed by atoms with Crippen LogP contribution in [-0.4, -0.2) is 29.9 Å². The number of halogens is 1. The van der Waals surface area contributed by atoms with Crippen molar-refractivity contribution in [3.05, 3.63) is 22.3 Å². The second-order valence-corrected chi connectivity index (χ2v) is 3.72. The highest BCUT2D eigenvalue weighted by Crippen LogP contribution is 2.15. The van der Waals surface area contributed by atoms with E-state index < -0.39 is 0 Å². The molecule has 1 aromatic rings. The molecule has 0 fully saturated rings. The summed E-state index contributed by atoms with van der Waals surface area (Å²) in [6.07, 6.45) is 0. The van der Waals surface area contributed by atoms with Crippen molar-refractivity contribution in [2.75, 3.05) is 19.5 Å². The van der Waals surface area contributed by atoms with Gasteiger partial charge in [-0.05, 0) is 28.1 Å². The van der Waals surface area contributed by atoms with Crippen molar-refractivity contribution in [1.29, 1.82) is 0 Å². The Labute approximate surface area is 90.4 Å². The molecule has 1 rings (SSSR count). The third-order valence-electron chi connectivity index (χ3n) is 1.60. The molecule has 0 aliphatic heterocycles. The number of hydrogen-bond acceptors (Lipinski definition) is 4. The van der Waals surface area contributed by atoms with E-state index in [0.717, 1.165) is 0 Å². The molecule has 0 saturated carbocycles. The molecule has 0 bridgehead atoms. The van der Waals surface area contributed by atoms with Crippen LogP contribution in [0.4, 0.5) is 5.82 Å². The number of hydrazine groups is 1. The normalized spacial score (nSPS) is 9.71. The number of carbonyl (C=O) groups excluding carboxylic acids is 1. The van der Waals surface area contributed by atoms with Gasteiger partial charge in [0.1, 0.15) is 10.4 Å². The number of hydrogen-bond donors (Lipinski definition) is 2. The van der Waals surface area contributed by atoms with E-state index in [2.05, 4.69) is 26.3 Å². The smallest absolute Gasteiger partial charge is 0.253 e. The van der Waals surface area contributed by atoms with E-state index in [0.29, 0.717) is 16.0 Å². The fourth-order valence-electron chi connectivity index (χ4n) is 0.953. The Balaban J connectivity index is 3.09. The lowest BCUT2D eigenvalue weighted by atomic mass is 10.2. The first-order valence-corrected chi connectivity index (χ1v) is 4.69. The number of carbonyl (C=O) groups is 1. The second kappa shape index (κ2) is 4.39. The van der Waals surface area contributed by atoms with E-state index in [9.17, 15) is 4.79 Å². The molecule has 0 atom stereocenters. The average molecular weight is 259 g/mol. The molecule has 1 amide bonds. The van der Waals surface area contributed by atoms with Gasteiger partial charge in [0.2, 0.25) is 0 Å². The van der Waals surface area contributed by atoms with Gasteiger partial charge in [0.15, 0.2) is 0 Å². The van der Waals surface area contributed by atoms with Gasteiger partial charge in [0.05, 0.1) is 0 Å². The summed E-state index contributed by atoms with van der Waals surface area (Å²) in [5, 5.41) is 0. The number of pyridine rings is 1. The highest BCUT2D eigenvalue weighted by atomic mass is 79.9. The fraction of sp³-hybridized carbons (Fsp3) is 0.250. The number of amides is 1. The minimum Gasteiger partial charge on any atom is -0.345 e. The first kappa shape index (κ1) is 10.9. The maximum absolute atomic E-state index is 11.6. The van der Waals surface area contributed by atoms with Crippen LogP contribution in [-0.2, 0) is 0 Å². The number of rotatable bonds is 2. The lowest BCUT2D eigenvalue weighted by molar-refractivity contribution is 0.0827. The summed E-state index contributed by atoms with van der Waals surface area (Å²) in [5.41, 5.74) is 2.92. The molecule has 1 heterocycles. The summed E-state index contributed by atoms with van der Waals surface area (Å²) >= 11 is 3.19. The minimum atomic E-state index is -0.0930. The number of aromatic nitrogens is 1. The highest BCUT2D eigenvalue weighted by molar-refractivity contribution is 9.10. The monoisotopic (exact) mass is 258 g/mol. The maximum Gasteiger partial charge on any atom is 0.253 e. The quantitative estimate of drug-likeness (QED) is 0.469. The summed E-state index contributed by atoms with van der Waals surface area (Å²) in [5.74, 6) is 5.56. The van der Waals surface area contributed by atoms with Crippen LogP contribution in [0.15, 0.2) is 16.7 Å². The summed E-state index contributed by atoms with van der Waals surface area (Å²) in [4.78, 5) is 17.1. The van der Waals surface area contributed by atoms with E-state index in [1.807, 2.05) is 0 Å². The van der Waals surface area contributed by atoms with Gasteiger partial charge in [-0.2, -0.15) is 0 Å². The third kappa shape index (κ3) is 2.43. The number of anilines is 1. The highest BCUT2D eigenvalue weighted by Gasteiger charge is 2.10. The van der Waals surface area contributed by atoms with Crippen molar-refractivity contribution in [3.8, 4) is 0 Å². The van der Waals surface area contributed by atoms with E-state index >= 15 is 0 Å². The lowest BCUT2D eigenvalue weighted by Gasteiger charge is -2.11. The zero-order valence-electron chi connectivity index (χ0n) is 7.91. The molecule has 14 heavy (non-hydrogen) atoms. The van der Waals surface area contributed by atoms with Crippen molar-refractivity contribution in [2.24, 2.45) is 5.84 Å². The molecule has 0 spiro atoms. The first-order valence-electron chi connectivity index (χ1n) is 3.90. The Bertz CT molecular complexity index is 353. The fourth-order valence-corrected chi connectivity index (χ4v) is 1.39. The van der Waals surface area contributed by atoms with Gasteiger partial charge in [-0.25, -0.2) is 10.8 Å². The van der Waals surface area contributed by atoms with Crippen LogP contribution in [0.3, 0.4) is 0 Å². The van der Waals surface area contributed by atoms with Gasteiger partial charge in [-0.15, -0.1) is 0 Å². The Morgan fingerprint density at radius 3 is 2.71 bits per heavy atom. The standard InChI is InChI=1S/C8H11BrN4O/c1-13(2)8(14)5-3-6(9)11-7(4-5)12-10/h3-4H,10H2,1-2H3,(H,11,12). The van der Waals surface area contributed by atoms with Crippen LogP contribution in [0.25, 0.3) is 0 Å². The summed E-state index contributed by atoms with van der Waals surface area (Å²) in [7, 11) is 3.37. The summed E-state index contributed by atoms with van der Waals surface area (Å²) < 4.78 is 0.568. The zero-order valence-corrected chi connectivity index (χ0v) is 9.50. The van der Waals surface area contributed by atoms with Gasteiger partial charge in [0, 0.05) is 19.7 Å². The van der Waals surface area contributed by atoms with Gasteiger partial charge >= 0.3 is 0 Å². The number of nitrogens with one attached hydrogen (secondary N) is 1. The Hall–Kier alpha value is -1.14. The predicted molar refractivity (Wildman–Crippen MR) is 57.8 cm³/mol. The summed E-state index contributed by atoms with van der Waals surface area (Å²) in [6, 6.07) is 3.23. The zero-order chi connectivity index (χ0) is 10.7. The molecule has 0 saturated heterocycles. The van der Waals surface area contributed by atoms with Gasteiger partial charge < -0.3 is 10.3 Å². The molecule has 3 N–H and O–H groups in total. The van der Waals surface area contributed by atoms with Crippen molar-refractivity contribution >= 4 is 27.7 Å². The van der Waals surface area contributed by atoms with Crippen molar-refractivity contribution in [1.82, 2.24) is 9.88 Å². The van der Waals surface area contributed by atoms with Crippen LogP contribution in [0.1, 0.15) is 10.4 Å². The van der Waals surface area contributed by atoms with Crippen LogP contribution >= 0.6 is 15.9 Å². The van der Waals surface area contributed by atoms with E-state index in [1.54, 1.807) is 26.2 Å². The number of nitrogen functional groups attached to an aromatic ring is 1. The van der Waals surface area contributed by atoms with Gasteiger partial charge in [0.25, 0.3) is 5.91 Å². The Kier molecular flexibility index (Phi) is 3.43. The molecule has 1 aromatic heterocycles. The van der Waals surface area contributed by atoms with Crippen LogP contribution in [0.2, 0.25) is 0 Å². The molecule has 0 aliphatic carbocycles. The molecule has 76 valence electrons. The van der Waals surface area contributed by atoms with Crippen LogP contribution in [0, 0.1) is 0 Å². The van der Waals surface area contributed by atoms with Gasteiger partial charge in [-0.1, -0.05) is 0 Å². The number of nitrogens with zero attached hydrogens (tertiary/aromatic N) is 2. The molecule has 5 nitrogen and oxygen atoms in total. The number of nitrogens with two attached hydrogens (primary N) is 1. The Morgan fingerprint density at radius 1 is 1.57 bits per heavy atom. The SMILES string of the molecule is CN(C)C(=O)c1cc(Br)nc(NN)c1. The summed E-state index contributed by atoms with van der Waals surface area (Å²) in [6.45, 7) is 0. The maximum atomic E-state index is 11.6. The van der Waals surface area contributed by atoms with Crippen LogP contribution < -0.4 is 11.3 Å². The third-order valence-corrected chi connectivity index (χ3v) is 2.00. The van der Waals surface area contributed by atoms with Crippen molar-refractivity contribution in [3.63, 3.8) is 0 Å². The first-order chi connectivity index (χ1) is 6.54. The molecular formula is C8H11BrN4O. The van der Waals surface area contributed by atoms with E-state index in [-0.39, 0.29) is 5.91 Å². The molecular weight excluding hydrogens is 248 g/mol. The molecule has 0 unspecified atom stereocenters. The second-order valence-electron chi connectivity index (χ2n) is 2.91. The van der Waals surface area contributed by atoms with E-state index in [1.165, 1.54) is 4.90 Å². The average Bonchev–Trinajstić information content (AvgIpc) is 2.15.